The molecule has 2 aliphatic heterocycles. The summed E-state index contributed by atoms with van der Waals surface area (Å²) in [6.45, 7) is 0.0586. The lowest BCUT2D eigenvalue weighted by molar-refractivity contribution is -0.578. The van der Waals surface area contributed by atoms with Crippen molar-refractivity contribution in [3.63, 3.8) is 0 Å². The zero-order valence-electron chi connectivity index (χ0n) is 17.1. The molecule has 0 unspecified atom stereocenters. The van der Waals surface area contributed by atoms with Crippen molar-refractivity contribution in [1.29, 1.82) is 0 Å². The molecule has 3 aromatic rings. The molecule has 3 aliphatic carbocycles. The molecule has 2 amide bonds. The minimum absolute atomic E-state index is 0.0586. The number of benzene rings is 3. The Balaban J connectivity index is 1.50. The highest BCUT2D eigenvalue weighted by molar-refractivity contribution is 6.23. The van der Waals surface area contributed by atoms with Gasteiger partial charge in [-0.15, -0.1) is 0 Å². The maximum Gasteiger partial charge on any atom is 0.285 e. The molecule has 0 saturated carbocycles. The molecule has 8 rings (SSSR count). The summed E-state index contributed by atoms with van der Waals surface area (Å²) in [5.41, 5.74) is 0.965. The number of nitro groups is 1. The number of imide groups is 1. The number of amides is 2. The van der Waals surface area contributed by atoms with E-state index in [1.807, 2.05) is 24.3 Å². The Hall–Kier alpha value is -4.20. The Bertz CT molecular complexity index is 1370. The Morgan fingerprint density at radius 1 is 0.879 bits per heavy atom. The largest absolute Gasteiger partial charge is 0.454 e. The highest BCUT2D eigenvalue weighted by Gasteiger charge is 2.74. The monoisotopic (exact) mass is 440 g/mol. The lowest BCUT2D eigenvalue weighted by Gasteiger charge is -2.48. The lowest BCUT2D eigenvalue weighted by atomic mass is 9.51. The molecule has 0 spiro atoms. The van der Waals surface area contributed by atoms with Gasteiger partial charge in [-0.3, -0.25) is 19.7 Å². The molecule has 1 fully saturated rings. The van der Waals surface area contributed by atoms with Gasteiger partial charge in [-0.25, -0.2) is 4.90 Å². The Labute approximate surface area is 187 Å². The summed E-state index contributed by atoms with van der Waals surface area (Å²) in [4.78, 5) is 41.4. The zero-order valence-corrected chi connectivity index (χ0v) is 17.1. The van der Waals surface area contributed by atoms with Crippen LogP contribution < -0.4 is 14.4 Å². The van der Waals surface area contributed by atoms with Crippen LogP contribution in [0.25, 0.3) is 0 Å². The van der Waals surface area contributed by atoms with E-state index in [1.54, 1.807) is 42.5 Å². The van der Waals surface area contributed by atoms with Gasteiger partial charge in [-0.2, -0.15) is 0 Å². The number of anilines is 1. The predicted molar refractivity (Wildman–Crippen MR) is 115 cm³/mol. The highest BCUT2D eigenvalue weighted by Crippen LogP contribution is 2.64. The topological polar surface area (TPSA) is 99.0 Å². The van der Waals surface area contributed by atoms with Crippen LogP contribution >= 0.6 is 0 Å². The number of ether oxygens (including phenoxy) is 2. The van der Waals surface area contributed by atoms with Crippen molar-refractivity contribution in [2.75, 3.05) is 11.7 Å². The number of rotatable bonds is 2. The second-order valence-electron chi connectivity index (χ2n) is 8.73. The molecule has 8 heteroatoms. The van der Waals surface area contributed by atoms with E-state index in [2.05, 4.69) is 0 Å². The minimum atomic E-state index is -1.83. The summed E-state index contributed by atoms with van der Waals surface area (Å²) in [7, 11) is 0. The predicted octanol–water partition coefficient (Wildman–Crippen LogP) is 3.20. The molecule has 1 saturated heterocycles. The van der Waals surface area contributed by atoms with Crippen LogP contribution in [0, 0.1) is 22.0 Å². The third-order valence-electron chi connectivity index (χ3n) is 7.48. The second-order valence-corrected chi connectivity index (χ2v) is 8.73. The Morgan fingerprint density at radius 2 is 1.52 bits per heavy atom. The van der Waals surface area contributed by atoms with Gasteiger partial charge in [-0.1, -0.05) is 48.5 Å². The van der Waals surface area contributed by atoms with Gasteiger partial charge in [0, 0.05) is 28.0 Å². The van der Waals surface area contributed by atoms with Crippen molar-refractivity contribution < 1.29 is 24.0 Å². The second kappa shape index (κ2) is 5.98. The zero-order chi connectivity index (χ0) is 22.5. The third-order valence-corrected chi connectivity index (χ3v) is 7.48. The van der Waals surface area contributed by atoms with Crippen molar-refractivity contribution in [1.82, 2.24) is 0 Å². The molecule has 162 valence electrons. The minimum Gasteiger partial charge on any atom is -0.454 e. The van der Waals surface area contributed by atoms with Crippen LogP contribution in [0.15, 0.2) is 66.7 Å². The molecule has 0 aromatic heterocycles. The van der Waals surface area contributed by atoms with E-state index in [0.29, 0.717) is 28.3 Å². The molecule has 0 N–H and O–H groups in total. The standard InChI is InChI=1S/C25H16N2O6/c28-23-21-20-14-5-1-3-7-16(14)25(27(30)31,17-8-4-2-6-15(17)20)22(21)24(29)26(23)13-9-10-18-19(11-13)33-12-32-18/h1-11,20-22H,12H2/t20?,21-,22+,25?/m0/s1. The molecule has 5 aliphatic rings. The van der Waals surface area contributed by atoms with Gasteiger partial charge in [0.1, 0.15) is 5.92 Å². The fourth-order valence-corrected chi connectivity index (χ4v) is 6.32. The van der Waals surface area contributed by atoms with Crippen LogP contribution in [0.2, 0.25) is 0 Å². The van der Waals surface area contributed by atoms with E-state index in [4.69, 9.17) is 9.47 Å². The molecular formula is C25H16N2O6. The van der Waals surface area contributed by atoms with E-state index in [1.165, 1.54) is 0 Å². The van der Waals surface area contributed by atoms with Gasteiger partial charge < -0.3 is 9.47 Å². The molecule has 33 heavy (non-hydrogen) atoms. The van der Waals surface area contributed by atoms with Crippen molar-refractivity contribution in [3.8, 4) is 11.5 Å². The SMILES string of the molecule is O=C1[C@H]2C3c4ccccc4C([N+](=O)[O-])(c4ccccc43)[C@H]2C(=O)N1c1ccc2c(c1)OCO2. The van der Waals surface area contributed by atoms with Crippen LogP contribution in [0.3, 0.4) is 0 Å². The Morgan fingerprint density at radius 3 is 2.18 bits per heavy atom. The van der Waals surface area contributed by atoms with Gasteiger partial charge in [0.15, 0.2) is 11.5 Å². The number of fused-ring (bicyclic) bond motifs is 1. The number of carbonyl (C=O) groups excluding carboxylic acids is 2. The van der Waals surface area contributed by atoms with Crippen molar-refractivity contribution in [2.45, 2.75) is 11.5 Å². The summed E-state index contributed by atoms with van der Waals surface area (Å²) >= 11 is 0. The lowest BCUT2D eigenvalue weighted by Crippen LogP contribution is -2.57. The summed E-state index contributed by atoms with van der Waals surface area (Å²) < 4.78 is 10.8. The number of carbonyl (C=O) groups is 2. The summed E-state index contributed by atoms with van der Waals surface area (Å²) in [6, 6.07) is 19.1. The first-order valence-corrected chi connectivity index (χ1v) is 10.7. The first-order valence-electron chi connectivity index (χ1n) is 10.7. The average Bonchev–Trinajstić information content (AvgIpc) is 3.41. The van der Waals surface area contributed by atoms with E-state index in [0.717, 1.165) is 16.0 Å². The fourth-order valence-electron chi connectivity index (χ4n) is 6.32. The number of hydrogen-bond donors (Lipinski definition) is 0. The van der Waals surface area contributed by atoms with E-state index in [9.17, 15) is 19.7 Å². The quantitative estimate of drug-likeness (QED) is 0.345. The van der Waals surface area contributed by atoms with Crippen molar-refractivity contribution >= 4 is 17.5 Å². The maximum absolute atomic E-state index is 13.9. The van der Waals surface area contributed by atoms with Gasteiger partial charge in [0.25, 0.3) is 5.54 Å². The van der Waals surface area contributed by atoms with Gasteiger partial charge >= 0.3 is 0 Å². The molecule has 2 atom stereocenters. The summed E-state index contributed by atoms with van der Waals surface area (Å²) in [6.07, 6.45) is 0. The summed E-state index contributed by atoms with van der Waals surface area (Å²) in [5, 5.41) is 12.9. The maximum atomic E-state index is 13.9. The molecule has 0 radical (unpaired) electrons. The van der Waals surface area contributed by atoms with Crippen molar-refractivity contribution in [3.05, 3.63) is 99.1 Å². The normalized spacial score (nSPS) is 27.9. The number of hydrogen-bond acceptors (Lipinski definition) is 6. The summed E-state index contributed by atoms with van der Waals surface area (Å²) in [5.74, 6) is -2.46. The van der Waals surface area contributed by atoms with Crippen LogP contribution in [0.4, 0.5) is 5.69 Å². The van der Waals surface area contributed by atoms with Crippen LogP contribution in [-0.4, -0.2) is 23.5 Å². The Kier molecular flexibility index (Phi) is 3.33. The number of nitrogens with zero attached hydrogens (tertiary/aromatic N) is 2. The molecule has 2 bridgehead atoms. The van der Waals surface area contributed by atoms with E-state index in [-0.39, 0.29) is 11.7 Å². The molecule has 2 heterocycles. The average molecular weight is 440 g/mol. The van der Waals surface area contributed by atoms with E-state index >= 15 is 0 Å². The third kappa shape index (κ3) is 1.97. The van der Waals surface area contributed by atoms with Crippen LogP contribution in [0.5, 0.6) is 11.5 Å². The molecule has 8 nitrogen and oxygen atoms in total. The first-order chi connectivity index (χ1) is 16.0. The van der Waals surface area contributed by atoms with Crippen molar-refractivity contribution in [2.24, 2.45) is 11.8 Å². The fraction of sp³-hybridized carbons (Fsp3) is 0.200. The first kappa shape index (κ1) is 18.4. The molecule has 3 aromatic carbocycles. The van der Waals surface area contributed by atoms with Gasteiger partial charge in [0.05, 0.1) is 11.6 Å². The van der Waals surface area contributed by atoms with Gasteiger partial charge in [-0.05, 0) is 23.3 Å². The van der Waals surface area contributed by atoms with Crippen LogP contribution in [-0.2, 0) is 15.1 Å². The van der Waals surface area contributed by atoms with Crippen LogP contribution in [0.1, 0.15) is 28.2 Å². The smallest absolute Gasteiger partial charge is 0.285 e. The highest BCUT2D eigenvalue weighted by atomic mass is 16.7. The van der Waals surface area contributed by atoms with Gasteiger partial charge in [0.2, 0.25) is 18.6 Å². The molecular weight excluding hydrogens is 424 g/mol. The van der Waals surface area contributed by atoms with E-state index < -0.39 is 35.1 Å².